The summed E-state index contributed by atoms with van der Waals surface area (Å²) in [5, 5.41) is 9.73. The molecule has 1 aromatic rings. The van der Waals surface area contributed by atoms with E-state index in [0.29, 0.717) is 17.4 Å². The number of phenols is 1. The van der Waals surface area contributed by atoms with E-state index in [0.717, 1.165) is 6.42 Å². The zero-order valence-electron chi connectivity index (χ0n) is 13.2. The molecule has 120 valence electrons. The predicted molar refractivity (Wildman–Crippen MR) is 90.5 cm³/mol. The van der Waals surface area contributed by atoms with E-state index in [2.05, 4.69) is 6.92 Å². The van der Waals surface area contributed by atoms with Crippen LogP contribution in [0.1, 0.15) is 71.1 Å². The van der Waals surface area contributed by atoms with Crippen LogP contribution >= 0.6 is 11.6 Å². The van der Waals surface area contributed by atoms with Gasteiger partial charge in [0.05, 0.1) is 11.6 Å². The van der Waals surface area contributed by atoms with Gasteiger partial charge in [-0.05, 0) is 18.6 Å². The van der Waals surface area contributed by atoms with Crippen molar-refractivity contribution in [3.8, 4) is 11.5 Å². The van der Waals surface area contributed by atoms with Crippen LogP contribution in [-0.2, 0) is 0 Å². The fraction of sp³-hybridized carbons (Fsp3) is 0.667. The Morgan fingerprint density at radius 1 is 0.905 bits per heavy atom. The van der Waals surface area contributed by atoms with Crippen molar-refractivity contribution in [1.82, 2.24) is 0 Å². The van der Waals surface area contributed by atoms with Gasteiger partial charge in [0.1, 0.15) is 11.5 Å². The first-order chi connectivity index (χ1) is 10.2. The molecule has 1 rings (SSSR count). The molecule has 0 bridgehead atoms. The number of benzene rings is 1. The van der Waals surface area contributed by atoms with Crippen molar-refractivity contribution in [2.24, 2.45) is 0 Å². The second-order valence-electron chi connectivity index (χ2n) is 5.65. The lowest BCUT2D eigenvalue weighted by molar-refractivity contribution is 0.304. The average Bonchev–Trinajstić information content (AvgIpc) is 2.46. The van der Waals surface area contributed by atoms with E-state index < -0.39 is 0 Å². The first kappa shape index (κ1) is 18.2. The minimum Gasteiger partial charge on any atom is -0.508 e. The number of aromatic hydroxyl groups is 1. The number of hydrogen-bond acceptors (Lipinski definition) is 2. The molecule has 0 aliphatic rings. The largest absolute Gasteiger partial charge is 0.508 e. The van der Waals surface area contributed by atoms with Crippen LogP contribution in [-0.4, -0.2) is 11.7 Å². The van der Waals surface area contributed by atoms with Gasteiger partial charge in [0, 0.05) is 6.07 Å². The molecule has 2 nitrogen and oxygen atoms in total. The lowest BCUT2D eigenvalue weighted by atomic mass is 10.1. The predicted octanol–water partition coefficient (Wildman–Crippen LogP) is 6.35. The molecule has 0 unspecified atom stereocenters. The highest BCUT2D eigenvalue weighted by molar-refractivity contribution is 6.32. The molecule has 0 fully saturated rings. The zero-order valence-corrected chi connectivity index (χ0v) is 14.0. The summed E-state index contributed by atoms with van der Waals surface area (Å²) in [5.41, 5.74) is 0. The van der Waals surface area contributed by atoms with Crippen LogP contribution in [0.3, 0.4) is 0 Å². The SMILES string of the molecule is CCCCCCCCCCCCOc1ccc(O)cc1Cl. The lowest BCUT2D eigenvalue weighted by Crippen LogP contribution is -1.97. The molecule has 1 N–H and O–H groups in total. The van der Waals surface area contributed by atoms with Crippen molar-refractivity contribution >= 4 is 11.6 Å². The van der Waals surface area contributed by atoms with Crippen molar-refractivity contribution in [1.29, 1.82) is 0 Å². The molecule has 0 aromatic heterocycles. The van der Waals surface area contributed by atoms with Gasteiger partial charge in [-0.25, -0.2) is 0 Å². The highest BCUT2D eigenvalue weighted by Gasteiger charge is 2.02. The van der Waals surface area contributed by atoms with E-state index in [1.807, 2.05) is 0 Å². The van der Waals surface area contributed by atoms with Crippen molar-refractivity contribution < 1.29 is 9.84 Å². The van der Waals surface area contributed by atoms with Crippen LogP contribution in [0.2, 0.25) is 5.02 Å². The van der Waals surface area contributed by atoms with Crippen LogP contribution in [0.4, 0.5) is 0 Å². The maximum absolute atomic E-state index is 9.26. The van der Waals surface area contributed by atoms with E-state index in [-0.39, 0.29) is 5.75 Å². The van der Waals surface area contributed by atoms with Crippen LogP contribution in [0.15, 0.2) is 18.2 Å². The smallest absolute Gasteiger partial charge is 0.138 e. The maximum Gasteiger partial charge on any atom is 0.138 e. The summed E-state index contributed by atoms with van der Waals surface area (Å²) >= 11 is 5.98. The van der Waals surface area contributed by atoms with E-state index in [9.17, 15) is 5.11 Å². The summed E-state index contributed by atoms with van der Waals surface area (Å²) in [6, 6.07) is 4.82. The van der Waals surface area contributed by atoms with E-state index in [1.54, 1.807) is 12.1 Å². The molecule has 0 aliphatic carbocycles. The van der Waals surface area contributed by atoms with Gasteiger partial charge in [0.25, 0.3) is 0 Å². The summed E-state index contributed by atoms with van der Waals surface area (Å²) in [6.07, 6.45) is 13.2. The van der Waals surface area contributed by atoms with Crippen LogP contribution < -0.4 is 4.74 Å². The molecule has 1 aromatic carbocycles. The standard InChI is InChI=1S/C18H29ClO2/c1-2-3-4-5-6-7-8-9-10-11-14-21-18-13-12-16(20)15-17(18)19/h12-13,15,20H,2-11,14H2,1H3. The monoisotopic (exact) mass is 312 g/mol. The summed E-state index contributed by atoms with van der Waals surface area (Å²) in [5.74, 6) is 0.830. The molecule has 0 atom stereocenters. The topological polar surface area (TPSA) is 29.5 Å². The van der Waals surface area contributed by atoms with Crippen LogP contribution in [0.25, 0.3) is 0 Å². The van der Waals surface area contributed by atoms with Gasteiger partial charge in [-0.15, -0.1) is 0 Å². The van der Waals surface area contributed by atoms with Crippen LogP contribution in [0.5, 0.6) is 11.5 Å². The van der Waals surface area contributed by atoms with E-state index in [4.69, 9.17) is 16.3 Å². The molecule has 0 saturated heterocycles. The van der Waals surface area contributed by atoms with Gasteiger partial charge in [-0.3, -0.25) is 0 Å². The van der Waals surface area contributed by atoms with Gasteiger partial charge in [-0.2, -0.15) is 0 Å². The molecule has 0 heterocycles. The Balaban J connectivity index is 1.93. The van der Waals surface area contributed by atoms with Gasteiger partial charge in [0.15, 0.2) is 0 Å². The Labute approximate surface area is 134 Å². The third kappa shape index (κ3) is 8.87. The average molecular weight is 313 g/mol. The first-order valence-corrected chi connectivity index (χ1v) is 8.73. The molecule has 21 heavy (non-hydrogen) atoms. The van der Waals surface area contributed by atoms with Gasteiger partial charge < -0.3 is 9.84 Å². The second-order valence-corrected chi connectivity index (χ2v) is 6.05. The Morgan fingerprint density at radius 3 is 2.05 bits per heavy atom. The molecule has 0 spiro atoms. The quantitative estimate of drug-likeness (QED) is 0.456. The molecule has 3 heteroatoms. The minimum atomic E-state index is 0.172. The Hall–Kier alpha value is -0.890. The normalized spacial score (nSPS) is 10.8. The summed E-state index contributed by atoms with van der Waals surface area (Å²) in [6.45, 7) is 2.95. The van der Waals surface area contributed by atoms with Crippen molar-refractivity contribution in [3.05, 3.63) is 23.2 Å². The number of halogens is 1. The summed E-state index contributed by atoms with van der Waals surface area (Å²) in [4.78, 5) is 0. The van der Waals surface area contributed by atoms with Gasteiger partial charge in [0.2, 0.25) is 0 Å². The molecule has 0 aliphatic heterocycles. The fourth-order valence-corrected chi connectivity index (χ4v) is 2.61. The summed E-state index contributed by atoms with van der Waals surface area (Å²) < 4.78 is 5.62. The maximum atomic E-state index is 9.26. The number of phenolic OH excluding ortho intramolecular Hbond substituents is 1. The Kier molecular flexibility index (Phi) is 10.1. The van der Waals surface area contributed by atoms with Crippen molar-refractivity contribution in [2.45, 2.75) is 71.1 Å². The van der Waals surface area contributed by atoms with Crippen LogP contribution in [0, 0.1) is 0 Å². The molecular weight excluding hydrogens is 284 g/mol. The second kappa shape index (κ2) is 11.7. The van der Waals surface area contributed by atoms with E-state index >= 15 is 0 Å². The highest BCUT2D eigenvalue weighted by Crippen LogP contribution is 2.28. The lowest BCUT2D eigenvalue weighted by Gasteiger charge is -2.08. The third-order valence-electron chi connectivity index (χ3n) is 3.67. The molecular formula is C18H29ClO2. The summed E-state index contributed by atoms with van der Waals surface area (Å²) in [7, 11) is 0. The minimum absolute atomic E-state index is 0.172. The number of hydrogen-bond donors (Lipinski definition) is 1. The third-order valence-corrected chi connectivity index (χ3v) is 3.97. The van der Waals surface area contributed by atoms with E-state index in [1.165, 1.54) is 63.9 Å². The fourth-order valence-electron chi connectivity index (χ4n) is 2.38. The van der Waals surface area contributed by atoms with Gasteiger partial charge in [-0.1, -0.05) is 76.3 Å². The van der Waals surface area contributed by atoms with Gasteiger partial charge >= 0.3 is 0 Å². The zero-order chi connectivity index (χ0) is 15.3. The molecule has 0 saturated carbocycles. The molecule has 0 radical (unpaired) electrons. The first-order valence-electron chi connectivity index (χ1n) is 8.35. The number of unbranched alkanes of at least 4 members (excludes halogenated alkanes) is 9. The number of ether oxygens (including phenoxy) is 1. The Bertz CT molecular complexity index is 379. The van der Waals surface area contributed by atoms with Crippen molar-refractivity contribution in [2.75, 3.05) is 6.61 Å². The van der Waals surface area contributed by atoms with Crippen molar-refractivity contribution in [3.63, 3.8) is 0 Å². The number of rotatable bonds is 12. The highest BCUT2D eigenvalue weighted by atomic mass is 35.5. The molecule has 0 amide bonds. The Morgan fingerprint density at radius 2 is 1.48 bits per heavy atom.